The summed E-state index contributed by atoms with van der Waals surface area (Å²) >= 11 is 0. The van der Waals surface area contributed by atoms with Crippen LogP contribution in [0.15, 0.2) is 23.0 Å². The molecule has 19 heavy (non-hydrogen) atoms. The van der Waals surface area contributed by atoms with Gasteiger partial charge in [-0.05, 0) is 25.1 Å². The van der Waals surface area contributed by atoms with E-state index in [4.69, 9.17) is 4.74 Å². The number of nitrogens with one attached hydrogen (secondary N) is 1. The van der Waals surface area contributed by atoms with Crippen molar-refractivity contribution in [3.05, 3.63) is 45.8 Å². The average molecular weight is 262 g/mol. The van der Waals surface area contributed by atoms with Gasteiger partial charge in [-0.2, -0.15) is 0 Å². The van der Waals surface area contributed by atoms with Crippen molar-refractivity contribution in [1.29, 1.82) is 0 Å². The lowest BCUT2D eigenvalue weighted by atomic mass is 10.1. The van der Waals surface area contributed by atoms with Crippen LogP contribution in [0.3, 0.4) is 0 Å². The van der Waals surface area contributed by atoms with Crippen molar-refractivity contribution in [3.8, 4) is 17.0 Å². The van der Waals surface area contributed by atoms with Crippen LogP contribution < -0.4 is 10.3 Å². The van der Waals surface area contributed by atoms with Crippen molar-refractivity contribution in [2.24, 2.45) is 0 Å². The number of H-pyrrole nitrogens is 1. The molecule has 2 aromatic rings. The molecule has 0 saturated carbocycles. The van der Waals surface area contributed by atoms with Gasteiger partial charge in [0.05, 0.1) is 12.8 Å². The first-order valence-electron chi connectivity index (χ1n) is 6.00. The molecule has 5 heteroatoms. The zero-order valence-corrected chi connectivity index (χ0v) is 11.1. The maximum atomic E-state index is 13.4. The van der Waals surface area contributed by atoms with Crippen molar-refractivity contribution < 1.29 is 9.13 Å². The minimum Gasteiger partial charge on any atom is -0.496 e. The molecule has 4 nitrogen and oxygen atoms in total. The van der Waals surface area contributed by atoms with Gasteiger partial charge in [-0.25, -0.2) is 9.37 Å². The van der Waals surface area contributed by atoms with E-state index in [1.165, 1.54) is 25.3 Å². The van der Waals surface area contributed by atoms with Gasteiger partial charge in [0, 0.05) is 17.5 Å². The van der Waals surface area contributed by atoms with Crippen LogP contribution in [0.2, 0.25) is 0 Å². The summed E-state index contributed by atoms with van der Waals surface area (Å²) < 4.78 is 18.6. The van der Waals surface area contributed by atoms with Crippen molar-refractivity contribution in [3.63, 3.8) is 0 Å². The Kier molecular flexibility index (Phi) is 3.64. The zero-order chi connectivity index (χ0) is 14.0. The maximum absolute atomic E-state index is 13.4. The van der Waals surface area contributed by atoms with E-state index in [1.54, 1.807) is 6.92 Å². The van der Waals surface area contributed by atoms with E-state index < -0.39 is 5.82 Å². The molecular weight excluding hydrogens is 247 g/mol. The number of methoxy groups -OCH3 is 1. The van der Waals surface area contributed by atoms with Gasteiger partial charge in [0.25, 0.3) is 5.56 Å². The first-order valence-corrected chi connectivity index (χ1v) is 6.00. The minimum atomic E-state index is -0.393. The molecule has 1 N–H and O–H groups in total. The normalized spacial score (nSPS) is 10.5. The Bertz CT molecular complexity index is 665. The third-order valence-electron chi connectivity index (χ3n) is 2.95. The molecule has 0 unspecified atom stereocenters. The number of aromatic amines is 1. The lowest BCUT2D eigenvalue weighted by Gasteiger charge is -2.11. The average Bonchev–Trinajstić information content (AvgIpc) is 2.41. The summed E-state index contributed by atoms with van der Waals surface area (Å²) in [4.78, 5) is 18.9. The molecule has 1 aromatic heterocycles. The molecule has 0 atom stereocenters. The number of rotatable bonds is 3. The number of hydrogen-bond donors (Lipinski definition) is 1. The van der Waals surface area contributed by atoms with E-state index in [-0.39, 0.29) is 5.56 Å². The van der Waals surface area contributed by atoms with Crippen molar-refractivity contribution in [1.82, 2.24) is 9.97 Å². The Balaban J connectivity index is 2.74. The Morgan fingerprint density at radius 2 is 2.16 bits per heavy atom. The molecule has 0 amide bonds. The molecule has 0 aliphatic rings. The highest BCUT2D eigenvalue weighted by Gasteiger charge is 2.14. The van der Waals surface area contributed by atoms with Gasteiger partial charge in [0.15, 0.2) is 0 Å². The number of ether oxygens (including phenoxy) is 1. The SMILES string of the molecule is CCc1nc(-c2cc(F)ccc2OC)c(C)c(=O)[nH]1. The summed E-state index contributed by atoms with van der Waals surface area (Å²) in [7, 11) is 1.50. The van der Waals surface area contributed by atoms with Crippen molar-refractivity contribution >= 4 is 0 Å². The van der Waals surface area contributed by atoms with E-state index in [9.17, 15) is 9.18 Å². The molecule has 0 radical (unpaired) electrons. The quantitative estimate of drug-likeness (QED) is 0.924. The summed E-state index contributed by atoms with van der Waals surface area (Å²) in [6.07, 6.45) is 0.597. The second-order valence-electron chi connectivity index (χ2n) is 4.18. The highest BCUT2D eigenvalue weighted by molar-refractivity contribution is 5.69. The predicted octanol–water partition coefficient (Wildman–Crippen LogP) is 2.46. The van der Waals surface area contributed by atoms with Gasteiger partial charge < -0.3 is 9.72 Å². The van der Waals surface area contributed by atoms with Gasteiger partial charge in [-0.1, -0.05) is 6.92 Å². The first kappa shape index (κ1) is 13.3. The molecular formula is C14H15FN2O2. The molecule has 2 rings (SSSR count). The van der Waals surface area contributed by atoms with Gasteiger partial charge in [-0.15, -0.1) is 0 Å². The smallest absolute Gasteiger partial charge is 0.254 e. The fourth-order valence-electron chi connectivity index (χ4n) is 1.87. The number of aryl methyl sites for hydroxylation is 1. The monoisotopic (exact) mass is 262 g/mol. The minimum absolute atomic E-state index is 0.215. The van der Waals surface area contributed by atoms with E-state index in [0.29, 0.717) is 34.8 Å². The zero-order valence-electron chi connectivity index (χ0n) is 11.1. The molecule has 0 bridgehead atoms. The second kappa shape index (κ2) is 5.22. The molecule has 0 aliphatic heterocycles. The molecule has 0 spiro atoms. The second-order valence-corrected chi connectivity index (χ2v) is 4.18. The van der Waals surface area contributed by atoms with Crippen LogP contribution in [0.1, 0.15) is 18.3 Å². The van der Waals surface area contributed by atoms with Crippen LogP contribution >= 0.6 is 0 Å². The van der Waals surface area contributed by atoms with E-state index in [0.717, 1.165) is 0 Å². The number of nitrogens with zero attached hydrogens (tertiary/aromatic N) is 1. The first-order chi connectivity index (χ1) is 9.06. The summed E-state index contributed by atoms with van der Waals surface area (Å²) in [5, 5.41) is 0. The molecule has 1 heterocycles. The molecule has 100 valence electrons. The van der Waals surface area contributed by atoms with Crippen LogP contribution in [-0.2, 0) is 6.42 Å². The number of halogens is 1. The number of hydrogen-bond acceptors (Lipinski definition) is 3. The fraction of sp³-hybridized carbons (Fsp3) is 0.286. The largest absolute Gasteiger partial charge is 0.496 e. The molecule has 1 aromatic carbocycles. The van der Waals surface area contributed by atoms with Crippen LogP contribution in [-0.4, -0.2) is 17.1 Å². The summed E-state index contributed by atoms with van der Waals surface area (Å²) in [5.41, 5.74) is 1.17. The lowest BCUT2D eigenvalue weighted by Crippen LogP contribution is -2.16. The van der Waals surface area contributed by atoms with E-state index >= 15 is 0 Å². The summed E-state index contributed by atoms with van der Waals surface area (Å²) in [6, 6.07) is 4.16. The Morgan fingerprint density at radius 3 is 2.79 bits per heavy atom. The van der Waals surface area contributed by atoms with Gasteiger partial charge in [0.2, 0.25) is 0 Å². The van der Waals surface area contributed by atoms with Gasteiger partial charge in [0.1, 0.15) is 17.4 Å². The van der Waals surface area contributed by atoms with Crippen molar-refractivity contribution in [2.45, 2.75) is 20.3 Å². The molecule has 0 aliphatic carbocycles. The van der Waals surface area contributed by atoms with Crippen LogP contribution in [0.4, 0.5) is 4.39 Å². The van der Waals surface area contributed by atoms with E-state index in [2.05, 4.69) is 9.97 Å². The Labute approximate surface area is 110 Å². The highest BCUT2D eigenvalue weighted by atomic mass is 19.1. The van der Waals surface area contributed by atoms with Gasteiger partial charge >= 0.3 is 0 Å². The molecule has 0 fully saturated rings. The number of aromatic nitrogens is 2. The van der Waals surface area contributed by atoms with Gasteiger partial charge in [-0.3, -0.25) is 4.79 Å². The molecule has 0 saturated heterocycles. The number of benzene rings is 1. The highest BCUT2D eigenvalue weighted by Crippen LogP contribution is 2.30. The third kappa shape index (κ3) is 2.50. The lowest BCUT2D eigenvalue weighted by molar-refractivity contribution is 0.415. The third-order valence-corrected chi connectivity index (χ3v) is 2.95. The topological polar surface area (TPSA) is 55.0 Å². The predicted molar refractivity (Wildman–Crippen MR) is 70.9 cm³/mol. The maximum Gasteiger partial charge on any atom is 0.254 e. The Hall–Kier alpha value is -2.17. The standard InChI is InChI=1S/C14H15FN2O2/c1-4-12-16-13(8(2)14(18)17-12)10-7-9(15)5-6-11(10)19-3/h5-7H,4H2,1-3H3,(H,16,17,18). The fourth-order valence-corrected chi connectivity index (χ4v) is 1.87. The Morgan fingerprint density at radius 1 is 1.42 bits per heavy atom. The van der Waals surface area contributed by atoms with Crippen LogP contribution in [0.25, 0.3) is 11.3 Å². The van der Waals surface area contributed by atoms with Crippen LogP contribution in [0, 0.1) is 12.7 Å². The summed E-state index contributed by atoms with van der Waals surface area (Å²) in [5.74, 6) is 0.664. The summed E-state index contributed by atoms with van der Waals surface area (Å²) in [6.45, 7) is 3.55. The van der Waals surface area contributed by atoms with Crippen molar-refractivity contribution in [2.75, 3.05) is 7.11 Å². The van der Waals surface area contributed by atoms with E-state index in [1.807, 2.05) is 6.92 Å². The van der Waals surface area contributed by atoms with Crippen LogP contribution in [0.5, 0.6) is 5.75 Å².